The van der Waals surface area contributed by atoms with Crippen LogP contribution in [0, 0.1) is 0 Å². The fourth-order valence-corrected chi connectivity index (χ4v) is 2.35. The number of hydrogen-bond donors (Lipinski definition) is 2. The fraction of sp³-hybridized carbons (Fsp3) is 0. The van der Waals surface area contributed by atoms with Gasteiger partial charge in [0, 0.05) is 4.47 Å². The predicted molar refractivity (Wildman–Crippen MR) is 85.5 cm³/mol. The molecule has 2 amide bonds. The van der Waals surface area contributed by atoms with Gasteiger partial charge in [-0.25, -0.2) is 0 Å². The molecule has 21 heavy (non-hydrogen) atoms. The third kappa shape index (κ3) is 3.97. The molecular formula is C14H9BrCl2N2O2. The summed E-state index contributed by atoms with van der Waals surface area (Å²) < 4.78 is 0.703. The van der Waals surface area contributed by atoms with E-state index >= 15 is 0 Å². The van der Waals surface area contributed by atoms with Crippen LogP contribution in [0.4, 0.5) is 0 Å². The van der Waals surface area contributed by atoms with Crippen LogP contribution in [-0.4, -0.2) is 11.8 Å². The molecule has 7 heteroatoms. The Morgan fingerprint density at radius 2 is 1.43 bits per heavy atom. The normalized spacial score (nSPS) is 10.0. The Morgan fingerprint density at radius 3 is 2.10 bits per heavy atom. The molecule has 2 rings (SSSR count). The quantitative estimate of drug-likeness (QED) is 0.769. The van der Waals surface area contributed by atoms with E-state index in [-0.39, 0.29) is 16.1 Å². The smallest absolute Gasteiger partial charge is 0.267 e. The van der Waals surface area contributed by atoms with E-state index in [1.54, 1.807) is 42.5 Å². The minimum Gasteiger partial charge on any atom is -0.267 e. The van der Waals surface area contributed by atoms with Gasteiger partial charge >= 0.3 is 0 Å². The second-order valence-corrected chi connectivity index (χ2v) is 5.74. The molecule has 2 N–H and O–H groups in total. The SMILES string of the molecule is O=C(NNC(=O)c1cc(Br)ccc1Cl)c1ccccc1Cl. The van der Waals surface area contributed by atoms with Crippen molar-refractivity contribution < 1.29 is 9.59 Å². The minimum absolute atomic E-state index is 0.241. The van der Waals surface area contributed by atoms with Crippen LogP contribution in [0.2, 0.25) is 10.0 Å². The molecule has 0 heterocycles. The molecule has 0 aliphatic rings. The van der Waals surface area contributed by atoms with Crippen LogP contribution in [0.15, 0.2) is 46.9 Å². The van der Waals surface area contributed by atoms with Gasteiger partial charge < -0.3 is 0 Å². The first-order valence-electron chi connectivity index (χ1n) is 5.79. The lowest BCUT2D eigenvalue weighted by Crippen LogP contribution is -2.41. The lowest BCUT2D eigenvalue weighted by molar-refractivity contribution is 0.0847. The summed E-state index contributed by atoms with van der Waals surface area (Å²) in [5.74, 6) is -1.04. The second-order valence-electron chi connectivity index (χ2n) is 4.01. The number of carbonyl (C=O) groups excluding carboxylic acids is 2. The number of benzene rings is 2. The number of rotatable bonds is 2. The molecule has 2 aromatic carbocycles. The summed E-state index contributed by atoms with van der Waals surface area (Å²) in [6.45, 7) is 0. The highest BCUT2D eigenvalue weighted by Crippen LogP contribution is 2.20. The minimum atomic E-state index is -0.526. The monoisotopic (exact) mass is 386 g/mol. The van der Waals surface area contributed by atoms with Crippen molar-refractivity contribution in [3.63, 3.8) is 0 Å². The van der Waals surface area contributed by atoms with E-state index in [2.05, 4.69) is 26.8 Å². The summed E-state index contributed by atoms with van der Waals surface area (Å²) in [7, 11) is 0. The van der Waals surface area contributed by atoms with Gasteiger partial charge in [-0.1, -0.05) is 51.3 Å². The van der Waals surface area contributed by atoms with Crippen LogP contribution in [0.1, 0.15) is 20.7 Å². The molecule has 2 aromatic rings. The summed E-state index contributed by atoms with van der Waals surface area (Å²) >= 11 is 15.1. The standard InChI is InChI=1S/C14H9BrCl2N2O2/c15-8-5-6-12(17)10(7-8)14(21)19-18-13(20)9-3-1-2-4-11(9)16/h1-7H,(H,18,20)(H,19,21). The first kappa shape index (κ1) is 15.8. The van der Waals surface area contributed by atoms with Crippen molar-refractivity contribution in [2.75, 3.05) is 0 Å². The summed E-state index contributed by atoms with van der Waals surface area (Å²) in [5, 5.41) is 0.576. The van der Waals surface area contributed by atoms with Gasteiger partial charge in [0.15, 0.2) is 0 Å². The van der Waals surface area contributed by atoms with Crippen LogP contribution >= 0.6 is 39.1 Å². The van der Waals surface area contributed by atoms with Crippen LogP contribution < -0.4 is 10.9 Å². The maximum Gasteiger partial charge on any atom is 0.271 e. The van der Waals surface area contributed by atoms with Gasteiger partial charge in [0.2, 0.25) is 0 Å². The van der Waals surface area contributed by atoms with E-state index in [4.69, 9.17) is 23.2 Å². The molecule has 0 spiro atoms. The average molecular weight is 388 g/mol. The molecule has 0 aliphatic heterocycles. The zero-order chi connectivity index (χ0) is 15.4. The van der Waals surface area contributed by atoms with Gasteiger partial charge in [-0.2, -0.15) is 0 Å². The molecule has 4 nitrogen and oxygen atoms in total. The first-order chi connectivity index (χ1) is 9.99. The topological polar surface area (TPSA) is 58.2 Å². The number of carbonyl (C=O) groups is 2. The van der Waals surface area contributed by atoms with Crippen molar-refractivity contribution in [3.05, 3.63) is 68.1 Å². The largest absolute Gasteiger partial charge is 0.271 e. The molecule has 0 radical (unpaired) electrons. The zero-order valence-electron chi connectivity index (χ0n) is 10.5. The third-order valence-corrected chi connectivity index (χ3v) is 3.73. The van der Waals surface area contributed by atoms with Crippen LogP contribution in [0.25, 0.3) is 0 Å². The predicted octanol–water partition coefficient (Wildman–Crippen LogP) is 3.83. The molecule has 0 fully saturated rings. The Labute approximate surface area is 139 Å². The van der Waals surface area contributed by atoms with Gasteiger partial charge in [-0.15, -0.1) is 0 Å². The molecule has 0 aliphatic carbocycles. The maximum absolute atomic E-state index is 12.0. The number of hydrazine groups is 1. The molecule has 0 bridgehead atoms. The van der Waals surface area contributed by atoms with Crippen LogP contribution in [-0.2, 0) is 0 Å². The van der Waals surface area contributed by atoms with Crippen molar-refractivity contribution in [3.8, 4) is 0 Å². The molecular weight excluding hydrogens is 379 g/mol. The second kappa shape index (κ2) is 6.93. The van der Waals surface area contributed by atoms with E-state index in [1.807, 2.05) is 0 Å². The molecule has 0 saturated carbocycles. The molecule has 0 atom stereocenters. The molecule has 0 unspecified atom stereocenters. The van der Waals surface area contributed by atoms with Crippen molar-refractivity contribution >= 4 is 50.9 Å². The first-order valence-corrected chi connectivity index (χ1v) is 7.34. The molecule has 0 saturated heterocycles. The average Bonchev–Trinajstić information content (AvgIpc) is 2.47. The number of halogens is 3. The van der Waals surface area contributed by atoms with Gasteiger partial charge in [0.25, 0.3) is 11.8 Å². The highest BCUT2D eigenvalue weighted by molar-refractivity contribution is 9.10. The lowest BCUT2D eigenvalue weighted by Gasteiger charge is -2.09. The van der Waals surface area contributed by atoms with Gasteiger partial charge in [0.05, 0.1) is 21.2 Å². The van der Waals surface area contributed by atoms with E-state index in [9.17, 15) is 9.59 Å². The van der Waals surface area contributed by atoms with E-state index in [1.165, 1.54) is 0 Å². The number of amides is 2. The van der Waals surface area contributed by atoms with Crippen molar-refractivity contribution in [2.24, 2.45) is 0 Å². The fourth-order valence-electron chi connectivity index (χ4n) is 1.57. The van der Waals surface area contributed by atoms with Crippen LogP contribution in [0.3, 0.4) is 0 Å². The summed E-state index contributed by atoms with van der Waals surface area (Å²) in [5.41, 5.74) is 5.08. The number of nitrogens with one attached hydrogen (secondary N) is 2. The Kier molecular flexibility index (Phi) is 5.22. The Morgan fingerprint density at radius 1 is 0.857 bits per heavy atom. The highest BCUT2D eigenvalue weighted by atomic mass is 79.9. The highest BCUT2D eigenvalue weighted by Gasteiger charge is 2.14. The third-order valence-electron chi connectivity index (χ3n) is 2.58. The number of hydrogen-bond acceptors (Lipinski definition) is 2. The lowest BCUT2D eigenvalue weighted by atomic mass is 10.2. The summed E-state index contributed by atoms with van der Waals surface area (Å²) in [6, 6.07) is 11.4. The summed E-state index contributed by atoms with van der Waals surface area (Å²) in [6.07, 6.45) is 0. The zero-order valence-corrected chi connectivity index (χ0v) is 13.6. The van der Waals surface area contributed by atoms with Gasteiger partial charge in [-0.05, 0) is 30.3 Å². The maximum atomic E-state index is 12.0. The van der Waals surface area contributed by atoms with Crippen LogP contribution in [0.5, 0.6) is 0 Å². The Bertz CT molecular complexity index is 707. The van der Waals surface area contributed by atoms with Crippen molar-refractivity contribution in [1.82, 2.24) is 10.9 Å². The van der Waals surface area contributed by atoms with Crippen molar-refractivity contribution in [1.29, 1.82) is 0 Å². The Hall–Kier alpha value is -1.56. The van der Waals surface area contributed by atoms with E-state index < -0.39 is 11.8 Å². The van der Waals surface area contributed by atoms with Gasteiger partial charge in [-0.3, -0.25) is 20.4 Å². The molecule has 108 valence electrons. The van der Waals surface area contributed by atoms with Gasteiger partial charge in [0.1, 0.15) is 0 Å². The van der Waals surface area contributed by atoms with Crippen molar-refractivity contribution in [2.45, 2.75) is 0 Å². The Balaban J connectivity index is 2.06. The van der Waals surface area contributed by atoms with E-state index in [0.29, 0.717) is 9.50 Å². The molecule has 0 aromatic heterocycles. The van der Waals surface area contributed by atoms with E-state index in [0.717, 1.165) is 0 Å². The summed E-state index contributed by atoms with van der Waals surface area (Å²) in [4.78, 5) is 23.9.